The molecule has 0 spiro atoms. The largest absolute Gasteiger partial charge is 0.379 e. The molecule has 7 aliphatic rings. The van der Waals surface area contributed by atoms with Crippen LogP contribution in [0, 0.1) is 17.8 Å². The Morgan fingerprint density at radius 1 is 0.403 bits per heavy atom. The first-order valence-electron chi connectivity index (χ1n) is 26.9. The lowest BCUT2D eigenvalue weighted by Crippen LogP contribution is -2.52. The highest BCUT2D eigenvalue weighted by molar-refractivity contribution is 6.45. The second-order valence-electron chi connectivity index (χ2n) is 21.7. The number of hydrogen-bond donors (Lipinski definition) is 0. The molecule has 0 aromatic carbocycles. The summed E-state index contributed by atoms with van der Waals surface area (Å²) in [6, 6.07) is 0. The maximum Gasteiger partial charge on any atom is 0.237 e. The summed E-state index contributed by atoms with van der Waals surface area (Å²) in [5, 5.41) is -0.393. The third-order valence-corrected chi connectivity index (χ3v) is 19.5. The number of halogens is 2. The molecule has 0 amide bonds. The van der Waals surface area contributed by atoms with Crippen molar-refractivity contribution in [2.75, 3.05) is 85.3 Å². The van der Waals surface area contributed by atoms with E-state index in [4.69, 9.17) is 95.0 Å². The summed E-state index contributed by atoms with van der Waals surface area (Å²) < 4.78 is 77.6. The second kappa shape index (κ2) is 25.4. The van der Waals surface area contributed by atoms with Crippen molar-refractivity contribution in [3.05, 3.63) is 17.2 Å². The van der Waals surface area contributed by atoms with E-state index in [9.17, 15) is 0 Å². The maximum absolute atomic E-state index is 7.91. The Hall–Kier alpha value is -1.35. The van der Waals surface area contributed by atoms with Crippen LogP contribution in [0.15, 0.2) is 9.98 Å². The zero-order valence-corrected chi connectivity index (χ0v) is 46.8. The van der Waals surface area contributed by atoms with Crippen LogP contribution in [0.3, 0.4) is 0 Å². The molecule has 1 aromatic heterocycles. The van der Waals surface area contributed by atoms with Crippen molar-refractivity contribution in [3.63, 3.8) is 0 Å². The number of imidazole rings is 1. The van der Waals surface area contributed by atoms with E-state index in [2.05, 4.69) is 4.57 Å². The lowest BCUT2D eigenvalue weighted by atomic mass is 9.73. The van der Waals surface area contributed by atoms with E-state index in [1.54, 1.807) is 85.3 Å². The van der Waals surface area contributed by atoms with Crippen LogP contribution in [0.2, 0.25) is 0 Å². The molecule has 1 aromatic rings. The van der Waals surface area contributed by atoms with E-state index in [0.717, 1.165) is 80.0 Å². The Bertz CT molecular complexity index is 1850. The molecule has 2 heterocycles. The van der Waals surface area contributed by atoms with Crippen LogP contribution in [-0.4, -0.2) is 190 Å². The number of hydrogen-bond acceptors (Lipinski definition) is 15. The van der Waals surface area contributed by atoms with Crippen LogP contribution in [0.5, 0.6) is 0 Å². The minimum Gasteiger partial charge on any atom is -0.379 e. The van der Waals surface area contributed by atoms with Gasteiger partial charge in [0.1, 0.15) is 30.2 Å². The molecule has 410 valence electrons. The summed E-state index contributed by atoms with van der Waals surface area (Å²) in [6.07, 6.45) is 9.82. The first-order chi connectivity index (χ1) is 35.0. The number of alkyl halides is 2. The molecule has 16 nitrogen and oxygen atoms in total. The third-order valence-electron chi connectivity index (χ3n) is 18.4. The molecule has 6 saturated carbocycles. The fourth-order valence-corrected chi connectivity index (χ4v) is 15.6. The topological polar surface area (TPSA) is 153 Å². The number of aliphatic imine (C=N–C) groups is 2. The SMILES string of the molecule is COC1CC(C2=NC(C3CCCCC3Cl)(n3c(C4CCCCC4Cl)nc(C4CC(OC)C(OC)C(OC)C4)c3C3CC(OC)C(OC)C(OC)C3)N=C2C2CC(OC)C(OC)C(OC)C2)CC(OC)C1OC. The first kappa shape index (κ1) is 56.8. The average Bonchev–Trinajstić information content (AvgIpc) is 4.02. The Labute approximate surface area is 439 Å². The predicted molar refractivity (Wildman–Crippen MR) is 276 cm³/mol. The van der Waals surface area contributed by atoms with Gasteiger partial charge < -0.3 is 56.8 Å². The third kappa shape index (κ3) is 10.8. The number of nitrogens with zero attached hydrogens (tertiary/aromatic N) is 4. The van der Waals surface area contributed by atoms with E-state index in [-0.39, 0.29) is 120 Å². The number of rotatable bonds is 19. The zero-order chi connectivity index (χ0) is 51.4. The summed E-state index contributed by atoms with van der Waals surface area (Å²) in [5.41, 5.74) is 4.01. The van der Waals surface area contributed by atoms with Gasteiger partial charge in [-0.2, -0.15) is 0 Å². The lowest BCUT2D eigenvalue weighted by molar-refractivity contribution is -0.135. The smallest absolute Gasteiger partial charge is 0.237 e. The van der Waals surface area contributed by atoms with Crippen LogP contribution in [0.25, 0.3) is 0 Å². The van der Waals surface area contributed by atoms with Gasteiger partial charge in [0.2, 0.25) is 5.79 Å². The summed E-state index contributed by atoms with van der Waals surface area (Å²) in [5.74, 6) is -0.997. The molecule has 6 aliphatic carbocycles. The first-order valence-corrected chi connectivity index (χ1v) is 27.8. The van der Waals surface area contributed by atoms with E-state index < -0.39 is 5.79 Å². The molecule has 6 fully saturated rings. The van der Waals surface area contributed by atoms with Crippen molar-refractivity contribution >= 4 is 34.6 Å². The van der Waals surface area contributed by atoms with Gasteiger partial charge in [-0.3, -0.25) is 4.57 Å². The molecule has 18 heteroatoms. The summed E-state index contributed by atoms with van der Waals surface area (Å²) in [4.78, 5) is 18.8. The molecule has 12 atom stereocenters. The standard InChI is InChI=1S/C54H88Cl2N4O12/c1-61-37-21-29(22-38(62-2)49(37)69-9)45-46(30-23-39(63-3)50(70-10)40(24-30)64-4)59-54(58-45,34-18-14-16-20-36(34)56)60-48(32-27-43(67-7)52(72-12)44(28-32)68-8)47(57-53(60)33-17-13-15-19-35(33)55)31-25-41(65-5)51(71-11)42(26-31)66-6/h29-44,49-52H,13-28H2,1-12H3. The Morgan fingerprint density at radius 2 is 0.736 bits per heavy atom. The molecule has 12 unspecified atom stereocenters. The monoisotopic (exact) mass is 1050 g/mol. The molecule has 8 rings (SSSR count). The average molecular weight is 1060 g/mol. The van der Waals surface area contributed by atoms with Crippen LogP contribution in [-0.2, 0) is 62.6 Å². The Morgan fingerprint density at radius 3 is 1.08 bits per heavy atom. The predicted octanol–water partition coefficient (Wildman–Crippen LogP) is 8.21. The quantitative estimate of drug-likeness (QED) is 0.123. The maximum atomic E-state index is 7.91. The van der Waals surface area contributed by atoms with Gasteiger partial charge in [-0.05, 0) is 77.0 Å². The molecule has 0 saturated heterocycles. The Kier molecular flexibility index (Phi) is 20.1. The van der Waals surface area contributed by atoms with E-state index in [0.29, 0.717) is 51.4 Å². The highest BCUT2D eigenvalue weighted by atomic mass is 35.5. The minimum absolute atomic E-state index is 0.0761. The van der Waals surface area contributed by atoms with Gasteiger partial charge in [0.25, 0.3) is 0 Å². The number of methoxy groups -OCH3 is 12. The Balaban J connectivity index is 1.46. The number of ether oxygens (including phenoxy) is 12. The van der Waals surface area contributed by atoms with Gasteiger partial charge in [-0.25, -0.2) is 15.0 Å². The molecule has 72 heavy (non-hydrogen) atoms. The van der Waals surface area contributed by atoms with Crippen LogP contribution in [0.4, 0.5) is 0 Å². The molecule has 1 aliphatic heterocycles. The van der Waals surface area contributed by atoms with Gasteiger partial charge >= 0.3 is 0 Å². The van der Waals surface area contributed by atoms with Crippen molar-refractivity contribution in [2.45, 2.75) is 210 Å². The normalized spacial score (nSPS) is 43.1. The second-order valence-corrected chi connectivity index (χ2v) is 22.9. The minimum atomic E-state index is -1.25. The van der Waals surface area contributed by atoms with Gasteiger partial charge in [0, 0.05) is 137 Å². The van der Waals surface area contributed by atoms with Crippen molar-refractivity contribution in [1.29, 1.82) is 0 Å². The van der Waals surface area contributed by atoms with E-state index >= 15 is 0 Å². The highest BCUT2D eigenvalue weighted by Crippen LogP contribution is 2.55. The molecular formula is C54H88Cl2N4O12. The van der Waals surface area contributed by atoms with Crippen molar-refractivity contribution in [1.82, 2.24) is 9.55 Å². The fourth-order valence-electron chi connectivity index (χ4n) is 14.8. The summed E-state index contributed by atoms with van der Waals surface area (Å²) in [7, 11) is 21.1. The highest BCUT2D eigenvalue weighted by Gasteiger charge is 2.58. The van der Waals surface area contributed by atoms with Gasteiger partial charge in [-0.15, -0.1) is 23.2 Å². The molecule has 0 bridgehead atoms. The fraction of sp³-hybridized carbons (Fsp3) is 0.907. The van der Waals surface area contributed by atoms with Gasteiger partial charge in [0.05, 0.1) is 65.9 Å². The van der Waals surface area contributed by atoms with Crippen molar-refractivity contribution in [2.24, 2.45) is 27.7 Å². The zero-order valence-electron chi connectivity index (χ0n) is 45.3. The van der Waals surface area contributed by atoms with Crippen LogP contribution in [0.1, 0.15) is 138 Å². The summed E-state index contributed by atoms with van der Waals surface area (Å²) >= 11 is 15.6. The van der Waals surface area contributed by atoms with Crippen molar-refractivity contribution < 1.29 is 56.8 Å². The van der Waals surface area contributed by atoms with Crippen molar-refractivity contribution in [3.8, 4) is 0 Å². The number of aromatic nitrogens is 2. The summed E-state index contributed by atoms with van der Waals surface area (Å²) in [6.45, 7) is 0. The van der Waals surface area contributed by atoms with Gasteiger partial charge in [-0.1, -0.05) is 25.7 Å². The van der Waals surface area contributed by atoms with E-state index in [1.165, 1.54) is 0 Å². The van der Waals surface area contributed by atoms with Crippen LogP contribution >= 0.6 is 23.2 Å². The molecular weight excluding hydrogens is 968 g/mol. The van der Waals surface area contributed by atoms with E-state index in [1.807, 2.05) is 0 Å². The van der Waals surface area contributed by atoms with Gasteiger partial charge in [0.15, 0.2) is 0 Å². The molecule has 0 radical (unpaired) electrons. The lowest BCUT2D eigenvalue weighted by Gasteiger charge is -2.45. The molecule has 0 N–H and O–H groups in total. The van der Waals surface area contributed by atoms with Crippen LogP contribution < -0.4 is 0 Å².